The Morgan fingerprint density at radius 1 is 1.13 bits per heavy atom. The molecule has 2 heterocycles. The summed E-state index contributed by atoms with van der Waals surface area (Å²) in [5.41, 5.74) is 2.45. The van der Waals surface area contributed by atoms with Gasteiger partial charge in [0.25, 0.3) is 5.91 Å². The molecule has 0 spiro atoms. The van der Waals surface area contributed by atoms with E-state index in [2.05, 4.69) is 20.6 Å². The number of nitrogens with zero attached hydrogens (tertiary/aromatic N) is 3. The third-order valence-electron chi connectivity index (χ3n) is 4.46. The summed E-state index contributed by atoms with van der Waals surface area (Å²) in [5.74, 6) is -0.848. The van der Waals surface area contributed by atoms with E-state index >= 15 is 0 Å². The van der Waals surface area contributed by atoms with Gasteiger partial charge in [-0.2, -0.15) is 10.2 Å². The maximum Gasteiger partial charge on any atom is 0.343 e. The lowest BCUT2D eigenvalue weighted by Crippen LogP contribution is -2.18. The van der Waals surface area contributed by atoms with Crippen molar-refractivity contribution in [2.45, 2.75) is 6.92 Å². The lowest BCUT2D eigenvalue weighted by atomic mass is 10.1. The van der Waals surface area contributed by atoms with Crippen molar-refractivity contribution < 1.29 is 14.3 Å². The lowest BCUT2D eigenvalue weighted by Gasteiger charge is -2.10. The molecule has 0 unspecified atom stereocenters. The molecule has 8 nitrogen and oxygen atoms in total. The molecule has 0 radical (unpaired) electrons. The number of para-hydroxylation sites is 1. The number of aromatic amines is 1. The second kappa shape index (κ2) is 8.85. The first-order chi connectivity index (χ1) is 15.1. The minimum absolute atomic E-state index is 0.150. The molecule has 0 aliphatic heterocycles. The zero-order chi connectivity index (χ0) is 21.8. The predicted molar refractivity (Wildman–Crippen MR) is 117 cm³/mol. The predicted octanol–water partition coefficient (Wildman–Crippen LogP) is 4.34. The summed E-state index contributed by atoms with van der Waals surface area (Å²) < 4.78 is 6.58. The molecule has 2 N–H and O–H groups in total. The number of rotatable bonds is 6. The second-order valence-electron chi connectivity index (χ2n) is 6.50. The van der Waals surface area contributed by atoms with Gasteiger partial charge < -0.3 is 10.1 Å². The minimum Gasteiger partial charge on any atom is -0.462 e. The molecular formula is C22H18ClN5O3. The van der Waals surface area contributed by atoms with Crippen molar-refractivity contribution in [3.63, 3.8) is 0 Å². The Morgan fingerprint density at radius 3 is 2.58 bits per heavy atom. The van der Waals surface area contributed by atoms with Crippen LogP contribution in [0.5, 0.6) is 0 Å². The standard InChI is InChI=1S/C22H18ClN5O3/c1-2-31-22(30)17-13-24-28(16-6-4-3-5-7-16)20(17)25-21(29)19-12-18(26-27-19)14-8-10-15(23)11-9-14/h3-13H,2H2,1H3,(H,25,29)(H,26,27). The molecule has 0 atom stereocenters. The molecule has 0 bridgehead atoms. The zero-order valence-electron chi connectivity index (χ0n) is 16.5. The first-order valence-electron chi connectivity index (χ1n) is 9.50. The molecular weight excluding hydrogens is 418 g/mol. The van der Waals surface area contributed by atoms with Crippen LogP contribution in [0.2, 0.25) is 5.02 Å². The Kier molecular flexibility index (Phi) is 5.81. The summed E-state index contributed by atoms with van der Waals surface area (Å²) in [4.78, 5) is 25.3. The molecule has 0 fully saturated rings. The van der Waals surface area contributed by atoms with Crippen molar-refractivity contribution in [2.24, 2.45) is 0 Å². The summed E-state index contributed by atoms with van der Waals surface area (Å²) >= 11 is 5.92. The van der Waals surface area contributed by atoms with E-state index in [4.69, 9.17) is 16.3 Å². The van der Waals surface area contributed by atoms with E-state index in [0.29, 0.717) is 16.4 Å². The number of esters is 1. The van der Waals surface area contributed by atoms with Crippen LogP contribution >= 0.6 is 11.6 Å². The van der Waals surface area contributed by atoms with Crippen molar-refractivity contribution in [2.75, 3.05) is 11.9 Å². The van der Waals surface area contributed by atoms with Crippen LogP contribution in [0.1, 0.15) is 27.8 Å². The number of amides is 1. The van der Waals surface area contributed by atoms with Gasteiger partial charge in [0.1, 0.15) is 11.3 Å². The molecule has 0 saturated heterocycles. The average Bonchev–Trinajstić information content (AvgIpc) is 3.43. The highest BCUT2D eigenvalue weighted by atomic mass is 35.5. The minimum atomic E-state index is -0.577. The number of ether oxygens (including phenoxy) is 1. The van der Waals surface area contributed by atoms with Crippen LogP contribution in [0.3, 0.4) is 0 Å². The Bertz CT molecular complexity index is 1220. The van der Waals surface area contributed by atoms with E-state index in [9.17, 15) is 9.59 Å². The largest absolute Gasteiger partial charge is 0.462 e. The number of carbonyl (C=O) groups is 2. The molecule has 0 aliphatic carbocycles. The number of hydrogen-bond donors (Lipinski definition) is 2. The van der Waals surface area contributed by atoms with E-state index in [1.165, 1.54) is 10.9 Å². The molecule has 4 rings (SSSR count). The zero-order valence-corrected chi connectivity index (χ0v) is 17.3. The molecule has 4 aromatic rings. The highest BCUT2D eigenvalue weighted by molar-refractivity contribution is 6.30. The fourth-order valence-corrected chi connectivity index (χ4v) is 3.10. The maximum absolute atomic E-state index is 12.9. The van der Waals surface area contributed by atoms with Crippen LogP contribution < -0.4 is 5.32 Å². The fraction of sp³-hybridized carbons (Fsp3) is 0.0909. The van der Waals surface area contributed by atoms with E-state index in [-0.39, 0.29) is 23.7 Å². The van der Waals surface area contributed by atoms with Crippen molar-refractivity contribution in [1.82, 2.24) is 20.0 Å². The number of H-pyrrole nitrogens is 1. The van der Waals surface area contributed by atoms with Gasteiger partial charge in [-0.25, -0.2) is 9.48 Å². The monoisotopic (exact) mass is 435 g/mol. The van der Waals surface area contributed by atoms with Crippen LogP contribution in [0.25, 0.3) is 16.9 Å². The summed E-state index contributed by atoms with van der Waals surface area (Å²) in [6, 6.07) is 17.9. The molecule has 31 heavy (non-hydrogen) atoms. The second-order valence-corrected chi connectivity index (χ2v) is 6.94. The van der Waals surface area contributed by atoms with E-state index in [1.54, 1.807) is 25.1 Å². The number of aromatic nitrogens is 4. The maximum atomic E-state index is 12.9. The highest BCUT2D eigenvalue weighted by Crippen LogP contribution is 2.23. The van der Waals surface area contributed by atoms with Gasteiger partial charge in [0.05, 0.1) is 24.2 Å². The van der Waals surface area contributed by atoms with E-state index < -0.39 is 11.9 Å². The quantitative estimate of drug-likeness (QED) is 0.438. The van der Waals surface area contributed by atoms with Crippen LogP contribution in [0.4, 0.5) is 5.82 Å². The van der Waals surface area contributed by atoms with Crippen molar-refractivity contribution in [3.8, 4) is 16.9 Å². The Balaban J connectivity index is 1.65. The Morgan fingerprint density at radius 2 is 1.87 bits per heavy atom. The third kappa shape index (κ3) is 4.34. The van der Waals surface area contributed by atoms with Crippen LogP contribution in [-0.4, -0.2) is 38.5 Å². The molecule has 2 aromatic heterocycles. The molecule has 0 saturated carbocycles. The number of carbonyl (C=O) groups excluding carboxylic acids is 2. The SMILES string of the molecule is CCOC(=O)c1cnn(-c2ccccc2)c1NC(=O)c1cc(-c2ccc(Cl)cc2)n[nH]1. The Labute approximate surface area is 182 Å². The molecule has 1 amide bonds. The molecule has 0 aliphatic rings. The summed E-state index contributed by atoms with van der Waals surface area (Å²) in [6.07, 6.45) is 1.37. The summed E-state index contributed by atoms with van der Waals surface area (Å²) in [7, 11) is 0. The smallest absolute Gasteiger partial charge is 0.343 e. The summed E-state index contributed by atoms with van der Waals surface area (Å²) in [6.45, 7) is 1.91. The van der Waals surface area contributed by atoms with Crippen molar-refractivity contribution >= 4 is 29.3 Å². The van der Waals surface area contributed by atoms with E-state index in [0.717, 1.165) is 5.56 Å². The normalized spacial score (nSPS) is 10.6. The lowest BCUT2D eigenvalue weighted by molar-refractivity contribution is 0.0527. The molecule has 156 valence electrons. The average molecular weight is 436 g/mol. The van der Waals surface area contributed by atoms with Crippen molar-refractivity contribution in [1.29, 1.82) is 0 Å². The highest BCUT2D eigenvalue weighted by Gasteiger charge is 2.23. The van der Waals surface area contributed by atoms with Gasteiger partial charge in [0.15, 0.2) is 5.82 Å². The van der Waals surface area contributed by atoms with Crippen LogP contribution in [0, 0.1) is 0 Å². The number of benzene rings is 2. The van der Waals surface area contributed by atoms with Crippen LogP contribution in [0.15, 0.2) is 66.9 Å². The summed E-state index contributed by atoms with van der Waals surface area (Å²) in [5, 5.41) is 14.5. The van der Waals surface area contributed by atoms with Gasteiger partial charge in [0.2, 0.25) is 0 Å². The fourth-order valence-electron chi connectivity index (χ4n) is 2.97. The van der Waals surface area contributed by atoms with Crippen molar-refractivity contribution in [3.05, 3.63) is 83.1 Å². The van der Waals surface area contributed by atoms with Gasteiger partial charge in [0, 0.05) is 10.6 Å². The molecule has 9 heteroatoms. The number of nitrogens with one attached hydrogen (secondary N) is 2. The van der Waals surface area contributed by atoms with Gasteiger partial charge in [-0.05, 0) is 37.3 Å². The third-order valence-corrected chi connectivity index (χ3v) is 4.71. The van der Waals surface area contributed by atoms with Crippen LogP contribution in [-0.2, 0) is 4.74 Å². The topological polar surface area (TPSA) is 102 Å². The number of halogens is 1. The van der Waals surface area contributed by atoms with Gasteiger partial charge in [-0.15, -0.1) is 0 Å². The molecule has 2 aromatic carbocycles. The van der Waals surface area contributed by atoms with E-state index in [1.807, 2.05) is 42.5 Å². The van der Waals surface area contributed by atoms with Gasteiger partial charge >= 0.3 is 5.97 Å². The first-order valence-corrected chi connectivity index (χ1v) is 9.88. The first kappa shape index (κ1) is 20.4. The number of anilines is 1. The van der Waals surface area contributed by atoms with Gasteiger partial charge in [-0.3, -0.25) is 9.89 Å². The number of hydrogen-bond acceptors (Lipinski definition) is 5. The Hall–Kier alpha value is -3.91. The van der Waals surface area contributed by atoms with Gasteiger partial charge in [-0.1, -0.05) is 41.9 Å².